The molecular weight excluding hydrogens is 755 g/mol. The molecule has 2 heterocycles. The van der Waals surface area contributed by atoms with Crippen LogP contribution in [0.4, 0.5) is 0 Å². The van der Waals surface area contributed by atoms with Crippen molar-refractivity contribution in [2.75, 3.05) is 26.2 Å². The second-order valence-corrected chi connectivity index (χ2v) is 14.3. The summed E-state index contributed by atoms with van der Waals surface area (Å²) in [7, 11) is 0. The predicted octanol–water partition coefficient (Wildman–Crippen LogP) is 5.37. The van der Waals surface area contributed by atoms with Crippen molar-refractivity contribution in [2.24, 2.45) is 0 Å². The van der Waals surface area contributed by atoms with Gasteiger partial charge in [-0.25, -0.2) is 0 Å². The first-order chi connectivity index (χ1) is 28.6. The van der Waals surface area contributed by atoms with Gasteiger partial charge in [-0.05, 0) is 83.0 Å². The molecule has 0 amide bonds. The Kier molecular flexibility index (Phi) is 14.6. The molecule has 1 aliphatic carbocycles. The zero-order valence-corrected chi connectivity index (χ0v) is 32.6. The van der Waals surface area contributed by atoms with Gasteiger partial charge in [0.2, 0.25) is 11.8 Å². The lowest BCUT2D eigenvalue weighted by Gasteiger charge is -2.18. The Morgan fingerprint density at radius 1 is 0.881 bits per heavy atom. The third-order valence-electron chi connectivity index (χ3n) is 9.92. The highest BCUT2D eigenvalue weighted by atomic mass is 16.5. The van der Waals surface area contributed by atoms with Gasteiger partial charge in [0.25, 0.3) is 0 Å². The van der Waals surface area contributed by atoms with Gasteiger partial charge in [0.1, 0.15) is 31.1 Å². The normalized spacial score (nSPS) is 14.2. The number of aliphatic hydroxyl groups excluding tert-OH is 2. The molecule has 14 heteroatoms. The summed E-state index contributed by atoms with van der Waals surface area (Å²) in [6.07, 6.45) is 1.71. The summed E-state index contributed by atoms with van der Waals surface area (Å²) >= 11 is 0. The Labute approximate surface area is 342 Å². The lowest BCUT2D eigenvalue weighted by atomic mass is 9.89. The van der Waals surface area contributed by atoms with Crippen molar-refractivity contribution in [1.82, 2.24) is 20.6 Å². The second-order valence-electron chi connectivity index (χ2n) is 14.3. The number of ether oxygens (including phenoxy) is 3. The number of hydrogen-bond donors (Lipinski definition) is 6. The van der Waals surface area contributed by atoms with Gasteiger partial charge in [-0.3, -0.25) is 14.6 Å². The minimum Gasteiger partial charge on any atom is -0.492 e. The minimum absolute atomic E-state index is 0.0650. The second kappa shape index (κ2) is 20.4. The van der Waals surface area contributed by atoms with Crippen LogP contribution in [0.2, 0.25) is 0 Å². The molecule has 0 saturated heterocycles. The van der Waals surface area contributed by atoms with Crippen LogP contribution in [-0.2, 0) is 29.2 Å². The molecule has 6 rings (SSSR count). The van der Waals surface area contributed by atoms with E-state index in [9.17, 15) is 25.1 Å². The predicted molar refractivity (Wildman–Crippen MR) is 218 cm³/mol. The van der Waals surface area contributed by atoms with E-state index < -0.39 is 24.1 Å². The maximum atomic E-state index is 11.0. The molecule has 0 radical (unpaired) electrons. The highest BCUT2D eigenvalue weighted by Gasteiger charge is 2.28. The smallest absolute Gasteiger partial charge is 0.306 e. The fraction of sp³-hybridized carbons (Fsp3) is 0.311. The molecule has 306 valence electrons. The molecule has 2 aromatic heterocycles. The van der Waals surface area contributed by atoms with E-state index in [4.69, 9.17) is 29.4 Å². The van der Waals surface area contributed by atoms with Crippen molar-refractivity contribution in [1.29, 1.82) is 5.26 Å². The Morgan fingerprint density at radius 3 is 2.34 bits per heavy atom. The number of carboxylic acid groups (broad SMARTS) is 2. The zero-order valence-electron chi connectivity index (χ0n) is 32.6. The van der Waals surface area contributed by atoms with Crippen molar-refractivity contribution in [3.8, 4) is 45.8 Å². The average molecular weight is 802 g/mol. The van der Waals surface area contributed by atoms with E-state index in [0.29, 0.717) is 47.4 Å². The first-order valence-corrected chi connectivity index (χ1v) is 19.4. The summed E-state index contributed by atoms with van der Waals surface area (Å²) in [5.74, 6) is -0.750. The molecule has 3 atom stereocenters. The number of benzene rings is 3. The topological polar surface area (TPSA) is 216 Å². The van der Waals surface area contributed by atoms with Crippen molar-refractivity contribution >= 4 is 11.9 Å². The van der Waals surface area contributed by atoms with Gasteiger partial charge in [-0.1, -0.05) is 48.5 Å². The molecule has 0 saturated carbocycles. The number of carboxylic acids is 2. The van der Waals surface area contributed by atoms with Crippen molar-refractivity contribution < 1.29 is 44.2 Å². The fourth-order valence-electron chi connectivity index (χ4n) is 7.10. The van der Waals surface area contributed by atoms with Gasteiger partial charge in [0.05, 0.1) is 30.6 Å². The van der Waals surface area contributed by atoms with Crippen LogP contribution in [0.5, 0.6) is 17.5 Å². The number of aliphatic carboxylic acids is 2. The molecule has 0 fully saturated rings. The first-order valence-electron chi connectivity index (χ1n) is 19.4. The number of rotatable bonds is 21. The number of aromatic nitrogens is 2. The van der Waals surface area contributed by atoms with Crippen LogP contribution in [0.1, 0.15) is 58.7 Å². The number of aliphatic hydroxyl groups is 2. The summed E-state index contributed by atoms with van der Waals surface area (Å²) < 4.78 is 18.5. The van der Waals surface area contributed by atoms with Crippen LogP contribution >= 0.6 is 0 Å². The van der Waals surface area contributed by atoms with Crippen LogP contribution in [0.3, 0.4) is 0 Å². The molecule has 6 N–H and O–H groups in total. The van der Waals surface area contributed by atoms with Crippen molar-refractivity contribution in [3.05, 3.63) is 125 Å². The molecule has 0 spiro atoms. The first kappa shape index (κ1) is 42.2. The fourth-order valence-corrected chi connectivity index (χ4v) is 7.10. The maximum Gasteiger partial charge on any atom is 0.306 e. The van der Waals surface area contributed by atoms with Gasteiger partial charge in [0, 0.05) is 55.8 Å². The van der Waals surface area contributed by atoms with Crippen LogP contribution in [0.25, 0.3) is 22.3 Å². The van der Waals surface area contributed by atoms with E-state index in [1.165, 1.54) is 11.8 Å². The van der Waals surface area contributed by atoms with Crippen molar-refractivity contribution in [3.63, 3.8) is 0 Å². The number of carbonyl (C=O) groups is 2. The summed E-state index contributed by atoms with van der Waals surface area (Å²) in [5, 5.41) is 52.9. The lowest BCUT2D eigenvalue weighted by Crippen LogP contribution is -2.31. The third-order valence-corrected chi connectivity index (χ3v) is 9.92. The average Bonchev–Trinajstić information content (AvgIpc) is 3.63. The molecule has 0 bridgehead atoms. The molecule has 3 aromatic carbocycles. The van der Waals surface area contributed by atoms with Gasteiger partial charge >= 0.3 is 11.9 Å². The molecule has 0 aliphatic heterocycles. The van der Waals surface area contributed by atoms with Gasteiger partial charge in [-0.15, -0.1) is 0 Å². The minimum atomic E-state index is -1.09. The Hall–Kier alpha value is -6.37. The van der Waals surface area contributed by atoms with E-state index in [0.717, 1.165) is 46.2 Å². The molecule has 0 unspecified atom stereocenters. The number of pyridine rings is 2. The quantitative estimate of drug-likeness (QED) is 0.0515. The van der Waals surface area contributed by atoms with Gasteiger partial charge in [-0.2, -0.15) is 10.2 Å². The summed E-state index contributed by atoms with van der Waals surface area (Å²) in [6.45, 7) is 3.56. The number of nitriles is 1. The molecule has 1 aliphatic rings. The summed E-state index contributed by atoms with van der Waals surface area (Å²) in [4.78, 5) is 30.6. The summed E-state index contributed by atoms with van der Waals surface area (Å²) in [5.41, 5.74) is 9.64. The number of nitrogens with one attached hydrogen (secondary N) is 2. The molecular formula is C45H47N5O9. The third kappa shape index (κ3) is 11.6. The van der Waals surface area contributed by atoms with E-state index in [2.05, 4.69) is 65.0 Å². The Bertz CT molecular complexity index is 2280. The van der Waals surface area contributed by atoms with E-state index in [-0.39, 0.29) is 45.2 Å². The van der Waals surface area contributed by atoms with E-state index in [1.807, 2.05) is 30.3 Å². The van der Waals surface area contributed by atoms with E-state index in [1.54, 1.807) is 18.3 Å². The maximum absolute atomic E-state index is 11.0. The Morgan fingerprint density at radius 2 is 1.59 bits per heavy atom. The number of nitrogens with zero attached hydrogens (tertiary/aromatic N) is 3. The molecule has 59 heavy (non-hydrogen) atoms. The van der Waals surface area contributed by atoms with Crippen LogP contribution in [0.15, 0.2) is 91.3 Å². The van der Waals surface area contributed by atoms with Gasteiger partial charge in [0.15, 0.2) is 0 Å². The number of hydrogen-bond acceptors (Lipinski definition) is 12. The molecule has 14 nitrogen and oxygen atoms in total. The zero-order chi connectivity index (χ0) is 41.7. The highest BCUT2D eigenvalue weighted by molar-refractivity contribution is 5.80. The standard InChI is InChI=1S/C45H47N5O9/c1-28-36(31-8-11-35(12-9-31)57-17-16-47-25-33(51)19-43(53)54)4-2-5-37(28)38-6-3-7-40-39(38)13-14-41(40)59-42-15-10-32(24-49-26-34(52)20-44(55)56)45(50-42)58-27-30-18-29(21-46)22-48-23-30/h2-12,15,18,22-23,33-34,41,47,49,51-52H,13-14,16-17,19-20,24-27H2,1H3,(H,53,54)(H,55,56)/t33-,34-,41-/m0/s1. The van der Waals surface area contributed by atoms with Crippen LogP contribution in [0, 0.1) is 18.3 Å². The summed E-state index contributed by atoms with van der Waals surface area (Å²) in [6, 6.07) is 27.9. The number of fused-ring (bicyclic) bond motifs is 1. The monoisotopic (exact) mass is 801 g/mol. The van der Waals surface area contributed by atoms with E-state index >= 15 is 0 Å². The highest BCUT2D eigenvalue weighted by Crippen LogP contribution is 2.42. The SMILES string of the molecule is Cc1c(-c2ccc(OCCNC[C@@H](O)CC(=O)O)cc2)cccc1-c1cccc2c1CC[C@@H]2Oc1ccc(CNC[C@@H](O)CC(=O)O)c(OCc2cncc(C#N)c2)n1. The van der Waals surface area contributed by atoms with Crippen molar-refractivity contribution in [2.45, 2.75) is 64.1 Å². The van der Waals surface area contributed by atoms with Crippen LogP contribution < -0.4 is 24.8 Å². The largest absolute Gasteiger partial charge is 0.492 e. The Balaban J connectivity index is 1.14. The van der Waals surface area contributed by atoms with Gasteiger partial charge < -0.3 is 45.3 Å². The van der Waals surface area contributed by atoms with Crippen LogP contribution in [-0.4, -0.2) is 80.8 Å². The lowest BCUT2D eigenvalue weighted by molar-refractivity contribution is -0.140. The molecule has 5 aromatic rings.